The summed E-state index contributed by atoms with van der Waals surface area (Å²) < 4.78 is 4.42. The lowest BCUT2D eigenvalue weighted by Gasteiger charge is -2.18. The first kappa shape index (κ1) is 20.0. The van der Waals surface area contributed by atoms with Gasteiger partial charge in [0.05, 0.1) is 13.7 Å². The van der Waals surface area contributed by atoms with E-state index in [1.807, 2.05) is 25.1 Å². The minimum absolute atomic E-state index is 0.0296. The van der Waals surface area contributed by atoms with Crippen molar-refractivity contribution < 1.29 is 23.9 Å². The summed E-state index contributed by atoms with van der Waals surface area (Å²) in [7, 11) is 1.06. The molecule has 0 aliphatic rings. The summed E-state index contributed by atoms with van der Waals surface area (Å²) in [6.07, 6.45) is 5.19. The van der Waals surface area contributed by atoms with Crippen LogP contribution < -0.4 is 0 Å². The summed E-state index contributed by atoms with van der Waals surface area (Å²) in [4.78, 5) is 40.2. The second kappa shape index (κ2) is 10.7. The Balaban J connectivity index is 3.01. The van der Waals surface area contributed by atoms with Gasteiger partial charge in [-0.25, -0.2) is 4.79 Å². The Hall–Kier alpha value is -3.05. The predicted molar refractivity (Wildman–Crippen MR) is 91.3 cm³/mol. The highest BCUT2D eigenvalue weighted by molar-refractivity contribution is 6.62. The Kier molecular flexibility index (Phi) is 8.54. The predicted octanol–water partition coefficient (Wildman–Crippen LogP) is 2.13. The lowest BCUT2D eigenvalue weighted by atomic mass is 10.1. The van der Waals surface area contributed by atoms with Crippen LogP contribution in [-0.2, 0) is 25.7 Å². The first-order chi connectivity index (χ1) is 12.0. The molecule has 132 valence electrons. The van der Waals surface area contributed by atoms with E-state index in [4.69, 9.17) is 5.53 Å². The maximum absolute atomic E-state index is 12.5. The van der Waals surface area contributed by atoms with Crippen molar-refractivity contribution in [1.82, 2.24) is 4.90 Å². The highest BCUT2D eigenvalue weighted by atomic mass is 16.5. The van der Waals surface area contributed by atoms with Crippen LogP contribution >= 0.6 is 0 Å². The first-order valence-corrected chi connectivity index (χ1v) is 7.85. The van der Waals surface area contributed by atoms with E-state index in [-0.39, 0.29) is 13.0 Å². The molecule has 25 heavy (non-hydrogen) atoms. The van der Waals surface area contributed by atoms with Crippen LogP contribution in [0.1, 0.15) is 31.7 Å². The van der Waals surface area contributed by atoms with Crippen molar-refractivity contribution in [3.05, 3.63) is 53.6 Å². The number of allylic oxidation sites excluding steroid dienone is 2. The molecule has 0 saturated heterocycles. The van der Waals surface area contributed by atoms with Gasteiger partial charge < -0.3 is 10.3 Å². The molecule has 0 atom stereocenters. The van der Waals surface area contributed by atoms with E-state index in [0.29, 0.717) is 18.4 Å². The molecule has 7 nitrogen and oxygen atoms in total. The molecule has 2 amide bonds. The topological polar surface area (TPSA) is 100 Å². The molecule has 1 rings (SSSR count). The third-order valence-electron chi connectivity index (χ3n) is 3.41. The lowest BCUT2D eigenvalue weighted by molar-refractivity contribution is -0.147. The number of hydrogen-bond acceptors (Lipinski definition) is 4. The van der Waals surface area contributed by atoms with Gasteiger partial charge in [-0.1, -0.05) is 42.5 Å². The minimum atomic E-state index is -1.10. The largest absolute Gasteiger partial charge is 0.463 e. The quantitative estimate of drug-likeness (QED) is 0.137. The standard InChI is InChI=1S/C18H21N3O4/c1-3-4-5-9-12-15(22)21(13-14-10-7-6-8-11-14)17(23)16(20-19)18(24)25-2/h3-4,6-8,10-11H,5,9,12-13H2,1-2H3/b4-3+. The maximum atomic E-state index is 12.5. The number of rotatable bonds is 8. The van der Waals surface area contributed by atoms with Crippen molar-refractivity contribution in [2.24, 2.45) is 0 Å². The Morgan fingerprint density at radius 1 is 1.24 bits per heavy atom. The number of hydrogen-bond donors (Lipinski definition) is 0. The smallest absolute Gasteiger partial charge is 0.460 e. The van der Waals surface area contributed by atoms with Gasteiger partial charge in [-0.3, -0.25) is 14.5 Å². The van der Waals surface area contributed by atoms with Gasteiger partial charge in [0.2, 0.25) is 5.91 Å². The van der Waals surface area contributed by atoms with Crippen LogP contribution in [-0.4, -0.2) is 40.3 Å². The summed E-state index contributed by atoms with van der Waals surface area (Å²) >= 11 is 0. The van der Waals surface area contributed by atoms with E-state index in [1.54, 1.807) is 24.3 Å². The van der Waals surface area contributed by atoms with Crippen LogP contribution in [0.4, 0.5) is 0 Å². The number of amides is 2. The molecule has 0 radical (unpaired) electrons. The van der Waals surface area contributed by atoms with Crippen LogP contribution in [0.15, 0.2) is 42.5 Å². The third-order valence-corrected chi connectivity index (χ3v) is 3.41. The van der Waals surface area contributed by atoms with Crippen molar-refractivity contribution in [3.63, 3.8) is 0 Å². The zero-order valence-corrected chi connectivity index (χ0v) is 14.3. The van der Waals surface area contributed by atoms with Gasteiger partial charge >= 0.3 is 17.6 Å². The number of methoxy groups -OCH3 is 1. The van der Waals surface area contributed by atoms with E-state index in [9.17, 15) is 14.4 Å². The zero-order valence-electron chi connectivity index (χ0n) is 14.3. The molecule has 1 aromatic carbocycles. The van der Waals surface area contributed by atoms with E-state index in [0.717, 1.165) is 12.0 Å². The molecule has 0 fully saturated rings. The van der Waals surface area contributed by atoms with Crippen molar-refractivity contribution in [1.29, 1.82) is 0 Å². The van der Waals surface area contributed by atoms with Crippen molar-refractivity contribution in [2.75, 3.05) is 7.11 Å². The van der Waals surface area contributed by atoms with Crippen molar-refractivity contribution >= 4 is 23.5 Å². The normalized spacial score (nSPS) is 10.2. The van der Waals surface area contributed by atoms with Gasteiger partial charge in [-0.15, -0.1) is 0 Å². The third kappa shape index (κ3) is 6.16. The molecule has 0 aromatic heterocycles. The fraction of sp³-hybridized carbons (Fsp3) is 0.333. The van der Waals surface area contributed by atoms with Crippen molar-refractivity contribution in [2.45, 2.75) is 32.7 Å². The molecule has 0 aliphatic heterocycles. The van der Waals surface area contributed by atoms with E-state index >= 15 is 0 Å². The van der Waals surface area contributed by atoms with Crippen LogP contribution in [0.25, 0.3) is 5.53 Å². The van der Waals surface area contributed by atoms with Gasteiger partial charge in [-0.2, -0.15) is 4.79 Å². The second-order valence-electron chi connectivity index (χ2n) is 5.17. The maximum Gasteiger partial charge on any atom is 0.463 e. The summed E-state index contributed by atoms with van der Waals surface area (Å²) in [5.74, 6) is -2.55. The van der Waals surface area contributed by atoms with Crippen LogP contribution in [0.5, 0.6) is 0 Å². The molecule has 0 saturated carbocycles. The Bertz CT molecular complexity index is 692. The average Bonchev–Trinajstić information content (AvgIpc) is 2.64. The zero-order chi connectivity index (χ0) is 18.7. The number of ether oxygens (including phenoxy) is 1. The number of nitrogens with zero attached hydrogens (tertiary/aromatic N) is 3. The number of unbranched alkanes of at least 4 members (excludes halogenated alkanes) is 1. The minimum Gasteiger partial charge on any atom is -0.460 e. The summed E-state index contributed by atoms with van der Waals surface area (Å²) in [5, 5.41) is 0. The fourth-order valence-corrected chi connectivity index (χ4v) is 2.11. The Morgan fingerprint density at radius 2 is 1.92 bits per heavy atom. The number of benzene rings is 1. The molecule has 0 N–H and O–H groups in total. The molecule has 0 unspecified atom stereocenters. The molecular formula is C18H21N3O4. The van der Waals surface area contributed by atoms with E-state index in [1.165, 1.54) is 0 Å². The molecule has 7 heteroatoms. The molecule has 0 bridgehead atoms. The first-order valence-electron chi connectivity index (χ1n) is 7.85. The Labute approximate surface area is 146 Å². The van der Waals surface area contributed by atoms with Crippen LogP contribution in [0.3, 0.4) is 0 Å². The fourth-order valence-electron chi connectivity index (χ4n) is 2.11. The van der Waals surface area contributed by atoms with Gasteiger partial charge in [0, 0.05) is 6.42 Å². The summed E-state index contributed by atoms with van der Waals surface area (Å²) in [6.45, 7) is 1.85. The van der Waals surface area contributed by atoms with Crippen LogP contribution in [0.2, 0.25) is 0 Å². The van der Waals surface area contributed by atoms with Crippen molar-refractivity contribution in [3.8, 4) is 0 Å². The highest BCUT2D eigenvalue weighted by Gasteiger charge is 2.37. The van der Waals surface area contributed by atoms with E-state index in [2.05, 4.69) is 9.53 Å². The van der Waals surface area contributed by atoms with Crippen LogP contribution in [0, 0.1) is 0 Å². The Morgan fingerprint density at radius 3 is 2.48 bits per heavy atom. The number of carbonyl (C=O) groups is 3. The van der Waals surface area contributed by atoms with Gasteiger partial charge in [-0.05, 0) is 25.3 Å². The van der Waals surface area contributed by atoms with Gasteiger partial charge in [0.1, 0.15) is 0 Å². The van der Waals surface area contributed by atoms with E-state index < -0.39 is 23.5 Å². The molecule has 0 aliphatic carbocycles. The highest BCUT2D eigenvalue weighted by Crippen LogP contribution is 2.10. The number of carbonyl (C=O) groups excluding carboxylic acids is 3. The average molecular weight is 343 g/mol. The van der Waals surface area contributed by atoms with Gasteiger partial charge in [0.15, 0.2) is 0 Å². The summed E-state index contributed by atoms with van der Waals surface area (Å²) in [5.41, 5.74) is 8.84. The summed E-state index contributed by atoms with van der Waals surface area (Å²) in [6, 6.07) is 8.86. The number of imide groups is 1. The molecule has 0 spiro atoms. The number of esters is 1. The van der Waals surface area contributed by atoms with Gasteiger partial charge in [0.25, 0.3) is 0 Å². The molecule has 0 heterocycles. The molecule has 1 aromatic rings. The lowest BCUT2D eigenvalue weighted by Crippen LogP contribution is -2.44. The second-order valence-corrected chi connectivity index (χ2v) is 5.17. The SMILES string of the molecule is C/C=C/CCCC(=O)N(Cc1ccccc1)C(=O)C(=[N+]=[N-])C(=O)OC. The molecular weight excluding hydrogens is 322 g/mol. The monoisotopic (exact) mass is 343 g/mol.